The smallest absolute Gasteiger partial charge is 0.305 e. The van der Waals surface area contributed by atoms with Crippen molar-refractivity contribution in [2.45, 2.75) is 167 Å². The van der Waals surface area contributed by atoms with Gasteiger partial charge in [-0.15, -0.1) is 0 Å². The predicted octanol–water partition coefficient (Wildman–Crippen LogP) is 11.0. The molecule has 0 saturated heterocycles. The number of benzene rings is 1. The SMILES string of the molecule is C=Cc1ccc(C(=O)CCCCCCCCC(=O)OCC(COP(=O)([O-])OCC[N+](C)(C)C)OCCCCCCCCCCCCCCCCCC)cc1. The summed E-state index contributed by atoms with van der Waals surface area (Å²) in [6, 6.07) is 7.52. The van der Waals surface area contributed by atoms with Crippen molar-refractivity contribution in [3.05, 3.63) is 42.0 Å². The molecule has 312 valence electrons. The van der Waals surface area contributed by atoms with Crippen LogP contribution in [0.25, 0.3) is 6.08 Å². The molecule has 10 heteroatoms. The number of rotatable bonds is 38. The number of Topliss-reactive ketones (excluding diaryl/α,β-unsaturated/α-hetero) is 1. The maximum atomic E-state index is 12.5. The lowest BCUT2D eigenvalue weighted by molar-refractivity contribution is -0.870. The van der Waals surface area contributed by atoms with E-state index in [0.717, 1.165) is 62.5 Å². The van der Waals surface area contributed by atoms with E-state index in [1.54, 1.807) is 6.08 Å². The topological polar surface area (TPSA) is 111 Å². The maximum absolute atomic E-state index is 12.5. The number of nitrogens with zero attached hydrogens (tertiary/aromatic N) is 1. The van der Waals surface area contributed by atoms with Crippen molar-refractivity contribution >= 4 is 25.7 Å². The molecule has 0 aliphatic rings. The lowest BCUT2D eigenvalue weighted by Crippen LogP contribution is -2.37. The summed E-state index contributed by atoms with van der Waals surface area (Å²) in [4.78, 5) is 37.3. The van der Waals surface area contributed by atoms with E-state index in [9.17, 15) is 19.0 Å². The van der Waals surface area contributed by atoms with Gasteiger partial charge in [0.05, 0.1) is 27.7 Å². The standard InChI is InChI=1S/C44H78NO8P/c1-6-8-9-10-11-12-13-14-15-16-17-18-19-22-25-28-36-50-42(39-53-54(48,49)52-37-35-45(3,4)5)38-51-44(47)30-27-24-21-20-23-26-29-43(46)41-33-31-40(7-2)32-34-41/h7,31-34,42H,2,6,8-30,35-39H2,1,3-5H3. The number of quaternary nitrogens is 1. The van der Waals surface area contributed by atoms with Gasteiger partial charge in [0.25, 0.3) is 7.82 Å². The van der Waals surface area contributed by atoms with Crippen molar-refractivity contribution in [3.8, 4) is 0 Å². The fraction of sp³-hybridized carbons (Fsp3) is 0.773. The summed E-state index contributed by atoms with van der Waals surface area (Å²) in [5.41, 5.74) is 1.74. The molecule has 2 atom stereocenters. The Labute approximate surface area is 330 Å². The molecule has 0 aliphatic heterocycles. The number of hydrogen-bond acceptors (Lipinski definition) is 8. The lowest BCUT2D eigenvalue weighted by atomic mass is 10.0. The second-order valence-corrected chi connectivity index (χ2v) is 17.4. The van der Waals surface area contributed by atoms with E-state index in [2.05, 4.69) is 13.5 Å². The second kappa shape index (κ2) is 32.2. The Bertz CT molecular complexity index is 1140. The monoisotopic (exact) mass is 780 g/mol. The van der Waals surface area contributed by atoms with Crippen LogP contribution in [0.4, 0.5) is 0 Å². The zero-order chi connectivity index (χ0) is 39.8. The van der Waals surface area contributed by atoms with Crippen LogP contribution in [0.5, 0.6) is 0 Å². The summed E-state index contributed by atoms with van der Waals surface area (Å²) >= 11 is 0. The molecule has 0 saturated carbocycles. The number of esters is 1. The largest absolute Gasteiger partial charge is 0.756 e. The zero-order valence-corrected chi connectivity index (χ0v) is 35.7. The Balaban J connectivity index is 2.26. The van der Waals surface area contributed by atoms with Gasteiger partial charge in [0.2, 0.25) is 0 Å². The second-order valence-electron chi connectivity index (χ2n) is 15.9. The highest BCUT2D eigenvalue weighted by molar-refractivity contribution is 7.45. The van der Waals surface area contributed by atoms with Gasteiger partial charge in [-0.1, -0.05) is 166 Å². The molecule has 1 rings (SSSR count). The van der Waals surface area contributed by atoms with Crippen LogP contribution >= 0.6 is 7.82 Å². The molecule has 0 aromatic heterocycles. The third-order valence-corrected chi connectivity index (χ3v) is 10.7. The summed E-state index contributed by atoms with van der Waals surface area (Å²) in [5, 5.41) is 0. The Morgan fingerprint density at radius 1 is 0.685 bits per heavy atom. The van der Waals surface area contributed by atoms with E-state index in [-0.39, 0.29) is 31.6 Å². The van der Waals surface area contributed by atoms with Crippen LogP contribution in [0, 0.1) is 0 Å². The summed E-state index contributed by atoms with van der Waals surface area (Å²) in [7, 11) is 1.34. The average Bonchev–Trinajstić information content (AvgIpc) is 3.14. The van der Waals surface area contributed by atoms with Gasteiger partial charge in [-0.2, -0.15) is 0 Å². The first-order valence-corrected chi connectivity index (χ1v) is 22.9. The highest BCUT2D eigenvalue weighted by atomic mass is 31.2. The van der Waals surface area contributed by atoms with Crippen molar-refractivity contribution < 1.29 is 42.1 Å². The third-order valence-electron chi connectivity index (χ3n) is 9.71. The first-order valence-electron chi connectivity index (χ1n) is 21.4. The van der Waals surface area contributed by atoms with Gasteiger partial charge in [-0.25, -0.2) is 0 Å². The molecule has 0 radical (unpaired) electrons. The molecule has 2 unspecified atom stereocenters. The number of carbonyl (C=O) groups excluding carboxylic acids is 2. The van der Waals surface area contributed by atoms with Crippen LogP contribution in [-0.2, 0) is 27.9 Å². The van der Waals surface area contributed by atoms with E-state index in [0.29, 0.717) is 36.9 Å². The Morgan fingerprint density at radius 2 is 1.17 bits per heavy atom. The molecule has 0 aliphatic carbocycles. The van der Waals surface area contributed by atoms with Crippen LogP contribution in [0.3, 0.4) is 0 Å². The highest BCUT2D eigenvalue weighted by Crippen LogP contribution is 2.38. The van der Waals surface area contributed by atoms with Crippen molar-refractivity contribution in [1.29, 1.82) is 0 Å². The predicted molar refractivity (Wildman–Crippen MR) is 220 cm³/mol. The van der Waals surface area contributed by atoms with Gasteiger partial charge in [-0.05, 0) is 24.8 Å². The summed E-state index contributed by atoms with van der Waals surface area (Å²) in [5.74, 6) is -0.167. The molecule has 0 spiro atoms. The van der Waals surface area contributed by atoms with Crippen LogP contribution in [0.1, 0.15) is 177 Å². The summed E-state index contributed by atoms with van der Waals surface area (Å²) in [6.07, 6.45) is 27.9. The van der Waals surface area contributed by atoms with E-state index >= 15 is 0 Å². The normalized spacial score (nSPS) is 13.4. The first-order chi connectivity index (χ1) is 26.0. The Kier molecular flexibility index (Phi) is 29.9. The molecule has 1 aromatic rings. The van der Waals surface area contributed by atoms with Gasteiger partial charge in [0.1, 0.15) is 25.9 Å². The van der Waals surface area contributed by atoms with Crippen LogP contribution in [-0.4, -0.2) is 76.5 Å². The van der Waals surface area contributed by atoms with Crippen LogP contribution in [0.15, 0.2) is 30.8 Å². The molecule has 0 heterocycles. The fourth-order valence-electron chi connectivity index (χ4n) is 6.15. The van der Waals surface area contributed by atoms with E-state index in [1.807, 2.05) is 45.4 Å². The van der Waals surface area contributed by atoms with Gasteiger partial charge in [-0.3, -0.25) is 14.2 Å². The number of carbonyl (C=O) groups is 2. The number of phosphoric ester groups is 1. The van der Waals surface area contributed by atoms with Crippen molar-refractivity contribution in [2.24, 2.45) is 0 Å². The number of unbranched alkanes of at least 4 members (excludes halogenated alkanes) is 20. The third kappa shape index (κ3) is 30.4. The van der Waals surface area contributed by atoms with Crippen molar-refractivity contribution in [2.75, 3.05) is 54.1 Å². The van der Waals surface area contributed by atoms with E-state index in [1.165, 1.54) is 83.5 Å². The number of hydrogen-bond donors (Lipinski definition) is 0. The summed E-state index contributed by atoms with van der Waals surface area (Å²) < 4.78 is 34.6. The average molecular weight is 780 g/mol. The quantitative estimate of drug-likeness (QED) is 0.0214. The lowest BCUT2D eigenvalue weighted by Gasteiger charge is -2.28. The van der Waals surface area contributed by atoms with Crippen LogP contribution in [0.2, 0.25) is 0 Å². The van der Waals surface area contributed by atoms with E-state index in [4.69, 9.17) is 18.5 Å². The minimum atomic E-state index is -4.52. The molecular formula is C44H78NO8P. The highest BCUT2D eigenvalue weighted by Gasteiger charge is 2.19. The fourth-order valence-corrected chi connectivity index (χ4v) is 6.88. The Hall–Kier alpha value is -1.87. The molecular weight excluding hydrogens is 701 g/mol. The van der Waals surface area contributed by atoms with Crippen LogP contribution < -0.4 is 4.89 Å². The molecule has 0 N–H and O–H groups in total. The molecule has 1 aromatic carbocycles. The first kappa shape index (κ1) is 50.1. The van der Waals surface area contributed by atoms with Gasteiger partial charge < -0.3 is 27.9 Å². The van der Waals surface area contributed by atoms with Crippen molar-refractivity contribution in [3.63, 3.8) is 0 Å². The number of ether oxygens (including phenoxy) is 2. The van der Waals surface area contributed by atoms with Gasteiger partial charge in [0, 0.05) is 25.0 Å². The van der Waals surface area contributed by atoms with Crippen molar-refractivity contribution in [1.82, 2.24) is 0 Å². The maximum Gasteiger partial charge on any atom is 0.305 e. The molecule has 0 amide bonds. The Morgan fingerprint density at radius 3 is 1.67 bits per heavy atom. The van der Waals surface area contributed by atoms with Gasteiger partial charge in [0.15, 0.2) is 5.78 Å². The molecule has 9 nitrogen and oxygen atoms in total. The number of phosphoric acid groups is 1. The van der Waals surface area contributed by atoms with E-state index < -0.39 is 13.9 Å². The summed E-state index contributed by atoms with van der Waals surface area (Å²) in [6.45, 7) is 6.66. The minimum absolute atomic E-state index is 0.0207. The number of likely N-dealkylation sites (N-methyl/N-ethyl adjacent to an activating group) is 1. The molecule has 0 fully saturated rings. The molecule has 54 heavy (non-hydrogen) atoms. The molecule has 0 bridgehead atoms. The number of ketones is 1. The van der Waals surface area contributed by atoms with Gasteiger partial charge >= 0.3 is 5.97 Å². The zero-order valence-electron chi connectivity index (χ0n) is 34.8. The minimum Gasteiger partial charge on any atom is -0.756 e.